The number of aliphatic hydroxyl groups excluding tert-OH is 1. The molecule has 1 aliphatic rings. The van der Waals surface area contributed by atoms with Crippen molar-refractivity contribution in [3.05, 3.63) is 23.8 Å². The monoisotopic (exact) mass is 162 g/mol. The van der Waals surface area contributed by atoms with Crippen molar-refractivity contribution in [3.8, 4) is 12.3 Å². The van der Waals surface area contributed by atoms with Gasteiger partial charge in [-0.2, -0.15) is 0 Å². The first-order chi connectivity index (χ1) is 5.74. The number of hydrogen-bond acceptors (Lipinski definition) is 1. The van der Waals surface area contributed by atoms with Gasteiger partial charge in [-0.3, -0.25) is 0 Å². The van der Waals surface area contributed by atoms with Gasteiger partial charge in [0.1, 0.15) is 6.10 Å². The largest absolute Gasteiger partial charge is 0.376 e. The molecule has 1 rings (SSSR count). The lowest BCUT2D eigenvalue weighted by atomic mass is 10.0. The van der Waals surface area contributed by atoms with Crippen LogP contribution in [0.1, 0.15) is 19.8 Å². The summed E-state index contributed by atoms with van der Waals surface area (Å²) in [4.78, 5) is 0. The third kappa shape index (κ3) is 2.25. The van der Waals surface area contributed by atoms with Crippen molar-refractivity contribution in [1.82, 2.24) is 0 Å². The summed E-state index contributed by atoms with van der Waals surface area (Å²) in [7, 11) is 0. The molecular formula is C11H14O. The third-order valence-corrected chi connectivity index (χ3v) is 2.12. The molecule has 1 N–H and O–H groups in total. The molecule has 0 bridgehead atoms. The maximum absolute atomic E-state index is 9.26. The minimum atomic E-state index is -0.709. The van der Waals surface area contributed by atoms with Gasteiger partial charge in [-0.15, -0.1) is 6.42 Å². The molecule has 0 fully saturated rings. The predicted molar refractivity (Wildman–Crippen MR) is 50.5 cm³/mol. The van der Waals surface area contributed by atoms with Crippen LogP contribution in [0.4, 0.5) is 0 Å². The zero-order valence-corrected chi connectivity index (χ0v) is 7.33. The molecule has 0 saturated heterocycles. The third-order valence-electron chi connectivity index (χ3n) is 2.12. The lowest BCUT2D eigenvalue weighted by molar-refractivity contribution is 0.267. The number of aliphatic hydroxyl groups is 1. The Balaban J connectivity index is 2.56. The number of allylic oxidation sites excluding steroid dienone is 3. The van der Waals surface area contributed by atoms with Crippen molar-refractivity contribution in [3.63, 3.8) is 0 Å². The molecule has 0 aromatic heterocycles. The van der Waals surface area contributed by atoms with Crippen molar-refractivity contribution in [2.45, 2.75) is 25.9 Å². The van der Waals surface area contributed by atoms with Crippen LogP contribution < -0.4 is 0 Å². The number of hydrogen-bond donors (Lipinski definition) is 1. The van der Waals surface area contributed by atoms with E-state index in [0.717, 1.165) is 18.4 Å². The molecule has 2 unspecified atom stereocenters. The van der Waals surface area contributed by atoms with Gasteiger partial charge in [0.25, 0.3) is 0 Å². The maximum Gasteiger partial charge on any atom is 0.135 e. The van der Waals surface area contributed by atoms with Crippen LogP contribution in [0.5, 0.6) is 0 Å². The lowest BCUT2D eigenvalue weighted by Crippen LogP contribution is -2.05. The molecule has 0 aromatic carbocycles. The highest BCUT2D eigenvalue weighted by molar-refractivity contribution is 5.20. The molecule has 0 heterocycles. The van der Waals surface area contributed by atoms with Crippen LogP contribution in [0.3, 0.4) is 0 Å². The summed E-state index contributed by atoms with van der Waals surface area (Å²) in [6.45, 7) is 1.87. The highest BCUT2D eigenvalue weighted by Gasteiger charge is 2.08. The Morgan fingerprint density at radius 2 is 2.58 bits per heavy atom. The molecule has 0 saturated carbocycles. The molecule has 2 atom stereocenters. The van der Waals surface area contributed by atoms with Gasteiger partial charge in [0.05, 0.1) is 0 Å². The Bertz CT molecular complexity index is 242. The van der Waals surface area contributed by atoms with E-state index in [2.05, 4.69) is 18.1 Å². The van der Waals surface area contributed by atoms with Crippen molar-refractivity contribution in [2.24, 2.45) is 5.92 Å². The van der Waals surface area contributed by atoms with Crippen LogP contribution in [0, 0.1) is 18.3 Å². The second kappa shape index (κ2) is 4.13. The van der Waals surface area contributed by atoms with E-state index in [1.165, 1.54) is 0 Å². The summed E-state index contributed by atoms with van der Waals surface area (Å²) in [6, 6.07) is 0. The number of rotatable bonds is 2. The van der Waals surface area contributed by atoms with Gasteiger partial charge >= 0.3 is 0 Å². The zero-order chi connectivity index (χ0) is 8.97. The van der Waals surface area contributed by atoms with Crippen molar-refractivity contribution < 1.29 is 5.11 Å². The van der Waals surface area contributed by atoms with Gasteiger partial charge in [0, 0.05) is 0 Å². The first-order valence-electron chi connectivity index (χ1n) is 4.23. The fourth-order valence-corrected chi connectivity index (χ4v) is 1.36. The Morgan fingerprint density at radius 3 is 3.08 bits per heavy atom. The molecular weight excluding hydrogens is 148 g/mol. The van der Waals surface area contributed by atoms with E-state index >= 15 is 0 Å². The molecule has 1 heteroatoms. The van der Waals surface area contributed by atoms with Gasteiger partial charge in [-0.25, -0.2) is 0 Å². The molecule has 0 amide bonds. The fraction of sp³-hybridized carbons (Fsp3) is 0.455. The van der Waals surface area contributed by atoms with E-state index in [1.807, 2.05) is 13.0 Å². The summed E-state index contributed by atoms with van der Waals surface area (Å²) in [5.41, 5.74) is 0.883. The number of terminal acetylenes is 1. The van der Waals surface area contributed by atoms with Crippen LogP contribution in [-0.2, 0) is 0 Å². The van der Waals surface area contributed by atoms with Crippen molar-refractivity contribution in [2.75, 3.05) is 0 Å². The van der Waals surface area contributed by atoms with E-state index < -0.39 is 6.10 Å². The lowest BCUT2D eigenvalue weighted by Gasteiger charge is -2.06. The minimum Gasteiger partial charge on any atom is -0.376 e. The molecule has 0 aromatic rings. The summed E-state index contributed by atoms with van der Waals surface area (Å²) < 4.78 is 0. The quantitative estimate of drug-likeness (QED) is 0.485. The average Bonchev–Trinajstić information content (AvgIpc) is 2.55. The van der Waals surface area contributed by atoms with E-state index in [0.29, 0.717) is 5.92 Å². The van der Waals surface area contributed by atoms with E-state index in [4.69, 9.17) is 6.42 Å². The smallest absolute Gasteiger partial charge is 0.135 e. The summed E-state index contributed by atoms with van der Waals surface area (Å²) in [5.74, 6) is 2.78. The van der Waals surface area contributed by atoms with Gasteiger partial charge in [0.2, 0.25) is 0 Å². The average molecular weight is 162 g/mol. The van der Waals surface area contributed by atoms with Crippen molar-refractivity contribution >= 4 is 0 Å². The SMILES string of the molecule is C#CC(O)/C(C)=C\C1C=CCC1. The van der Waals surface area contributed by atoms with Crippen LogP contribution >= 0.6 is 0 Å². The zero-order valence-electron chi connectivity index (χ0n) is 7.33. The van der Waals surface area contributed by atoms with Crippen LogP contribution in [-0.4, -0.2) is 11.2 Å². The van der Waals surface area contributed by atoms with Gasteiger partial charge in [0.15, 0.2) is 0 Å². The molecule has 1 nitrogen and oxygen atoms in total. The van der Waals surface area contributed by atoms with E-state index in [1.54, 1.807) is 0 Å². The van der Waals surface area contributed by atoms with E-state index in [-0.39, 0.29) is 0 Å². The normalized spacial score (nSPS) is 25.4. The highest BCUT2D eigenvalue weighted by Crippen LogP contribution is 2.20. The molecule has 64 valence electrons. The standard InChI is InChI=1S/C11H14O/c1-3-11(12)9(2)8-10-6-4-5-7-10/h1,4,6,8,10-12H,5,7H2,2H3/b9-8-. The second-order valence-electron chi connectivity index (χ2n) is 3.15. The highest BCUT2D eigenvalue weighted by atomic mass is 16.3. The summed E-state index contributed by atoms with van der Waals surface area (Å²) in [6.07, 6.45) is 13.0. The second-order valence-corrected chi connectivity index (χ2v) is 3.15. The van der Waals surface area contributed by atoms with Gasteiger partial charge in [-0.05, 0) is 31.3 Å². The Labute approximate surface area is 73.8 Å². The molecule has 0 aliphatic heterocycles. The molecule has 12 heavy (non-hydrogen) atoms. The summed E-state index contributed by atoms with van der Waals surface area (Å²) in [5, 5.41) is 9.26. The Morgan fingerprint density at radius 1 is 1.83 bits per heavy atom. The van der Waals surface area contributed by atoms with Crippen LogP contribution in [0.15, 0.2) is 23.8 Å². The maximum atomic E-state index is 9.26. The molecule has 0 spiro atoms. The Kier molecular flexibility index (Phi) is 3.13. The fourth-order valence-electron chi connectivity index (χ4n) is 1.36. The summed E-state index contributed by atoms with van der Waals surface area (Å²) >= 11 is 0. The van der Waals surface area contributed by atoms with E-state index in [9.17, 15) is 5.11 Å². The van der Waals surface area contributed by atoms with Gasteiger partial charge in [-0.1, -0.05) is 24.1 Å². The Hall–Kier alpha value is -1.00. The first kappa shape index (κ1) is 9.09. The minimum absolute atomic E-state index is 0.480. The first-order valence-corrected chi connectivity index (χ1v) is 4.23. The van der Waals surface area contributed by atoms with Gasteiger partial charge < -0.3 is 5.11 Å². The topological polar surface area (TPSA) is 20.2 Å². The van der Waals surface area contributed by atoms with Crippen LogP contribution in [0.25, 0.3) is 0 Å². The van der Waals surface area contributed by atoms with Crippen LogP contribution in [0.2, 0.25) is 0 Å². The molecule has 0 radical (unpaired) electrons. The molecule has 1 aliphatic carbocycles. The van der Waals surface area contributed by atoms with Crippen molar-refractivity contribution in [1.29, 1.82) is 0 Å². The predicted octanol–water partition coefficient (Wildman–Crippen LogP) is 1.89.